The number of nitrogens with one attached hydrogen (secondary N) is 1. The van der Waals surface area contributed by atoms with Gasteiger partial charge < -0.3 is 10.4 Å². The molecule has 2 rings (SSSR count). The minimum absolute atomic E-state index is 0.323. The molecule has 1 aromatic carbocycles. The van der Waals surface area contributed by atoms with Gasteiger partial charge >= 0.3 is 5.97 Å². The van der Waals surface area contributed by atoms with E-state index in [1.807, 2.05) is 6.92 Å². The van der Waals surface area contributed by atoms with Gasteiger partial charge in [0.15, 0.2) is 0 Å². The van der Waals surface area contributed by atoms with E-state index < -0.39 is 17.8 Å². The highest BCUT2D eigenvalue weighted by Crippen LogP contribution is 2.36. The molecule has 1 aromatic rings. The predicted octanol–water partition coefficient (Wildman–Crippen LogP) is 4.13. The van der Waals surface area contributed by atoms with Crippen molar-refractivity contribution in [1.29, 1.82) is 0 Å². The number of carboxylic acids is 1. The Morgan fingerprint density at radius 2 is 1.81 bits per heavy atom. The summed E-state index contributed by atoms with van der Waals surface area (Å²) in [4.78, 5) is 23.7. The molecular weight excluding hydrogens is 313 g/mol. The number of hydrogen-bond donors (Lipinski definition) is 2. The number of aliphatic carboxylic acids is 1. The van der Waals surface area contributed by atoms with Gasteiger partial charge in [0.2, 0.25) is 5.91 Å². The first-order chi connectivity index (χ1) is 9.91. The Labute approximate surface area is 133 Å². The van der Waals surface area contributed by atoms with E-state index >= 15 is 0 Å². The van der Waals surface area contributed by atoms with Crippen molar-refractivity contribution >= 4 is 40.8 Å². The minimum atomic E-state index is -0.920. The Bertz CT molecular complexity index is 574. The molecule has 0 aliphatic heterocycles. The standard InChI is InChI=1S/C15H17Cl2NO3/c1-8-6-7-11(16)13(12(8)17)18-14(19)9-4-2-3-5-10(9)15(20)21/h6-7,9-10H,2-5H2,1H3,(H,18,19)(H,20,21). The molecule has 0 aromatic heterocycles. The van der Waals surface area contributed by atoms with Crippen LogP contribution in [0.15, 0.2) is 12.1 Å². The van der Waals surface area contributed by atoms with Gasteiger partial charge in [-0.2, -0.15) is 0 Å². The Kier molecular flexibility index (Phi) is 5.12. The number of carbonyl (C=O) groups is 2. The van der Waals surface area contributed by atoms with Crippen molar-refractivity contribution in [3.63, 3.8) is 0 Å². The molecule has 0 spiro atoms. The van der Waals surface area contributed by atoms with Gasteiger partial charge in [0.25, 0.3) is 0 Å². The molecule has 21 heavy (non-hydrogen) atoms. The van der Waals surface area contributed by atoms with Crippen molar-refractivity contribution in [1.82, 2.24) is 0 Å². The maximum atomic E-state index is 12.4. The summed E-state index contributed by atoms with van der Waals surface area (Å²) in [6, 6.07) is 3.43. The van der Waals surface area contributed by atoms with Crippen molar-refractivity contribution in [2.75, 3.05) is 5.32 Å². The van der Waals surface area contributed by atoms with Gasteiger partial charge in [0.05, 0.1) is 27.6 Å². The maximum Gasteiger partial charge on any atom is 0.307 e. The average molecular weight is 330 g/mol. The van der Waals surface area contributed by atoms with E-state index in [0.29, 0.717) is 28.6 Å². The van der Waals surface area contributed by atoms with E-state index in [0.717, 1.165) is 18.4 Å². The van der Waals surface area contributed by atoms with Crippen LogP contribution in [0.3, 0.4) is 0 Å². The van der Waals surface area contributed by atoms with Gasteiger partial charge in [0.1, 0.15) is 0 Å². The lowest BCUT2D eigenvalue weighted by Gasteiger charge is -2.27. The smallest absolute Gasteiger partial charge is 0.307 e. The van der Waals surface area contributed by atoms with Crippen LogP contribution in [-0.2, 0) is 9.59 Å². The van der Waals surface area contributed by atoms with Gasteiger partial charge in [0, 0.05) is 0 Å². The van der Waals surface area contributed by atoms with Crippen molar-refractivity contribution in [2.45, 2.75) is 32.6 Å². The van der Waals surface area contributed by atoms with E-state index in [2.05, 4.69) is 5.32 Å². The summed E-state index contributed by atoms with van der Waals surface area (Å²) >= 11 is 12.2. The van der Waals surface area contributed by atoms with E-state index in [9.17, 15) is 14.7 Å². The molecule has 1 saturated carbocycles. The first-order valence-corrected chi connectivity index (χ1v) is 7.65. The lowest BCUT2D eigenvalue weighted by molar-refractivity contribution is -0.147. The monoisotopic (exact) mass is 329 g/mol. The number of amides is 1. The molecular formula is C15H17Cl2NO3. The molecule has 2 N–H and O–H groups in total. The fraction of sp³-hybridized carbons (Fsp3) is 0.467. The third-order valence-electron chi connectivity index (χ3n) is 3.95. The second-order valence-corrected chi connectivity index (χ2v) is 6.16. The second-order valence-electron chi connectivity index (χ2n) is 5.38. The van der Waals surface area contributed by atoms with Gasteiger partial charge in [-0.1, -0.05) is 42.1 Å². The van der Waals surface area contributed by atoms with E-state index in [1.54, 1.807) is 12.1 Å². The summed E-state index contributed by atoms with van der Waals surface area (Å²) in [5.74, 6) is -2.42. The summed E-state index contributed by atoms with van der Waals surface area (Å²) in [6.07, 6.45) is 2.80. The van der Waals surface area contributed by atoms with Gasteiger partial charge in [-0.3, -0.25) is 9.59 Å². The number of hydrogen-bond acceptors (Lipinski definition) is 2. The summed E-state index contributed by atoms with van der Waals surface area (Å²) in [5, 5.41) is 12.7. The fourth-order valence-corrected chi connectivity index (χ4v) is 3.19. The van der Waals surface area contributed by atoms with Crippen LogP contribution in [0.25, 0.3) is 0 Å². The summed E-state index contributed by atoms with van der Waals surface area (Å²) in [7, 11) is 0. The number of aryl methyl sites for hydroxylation is 1. The highest BCUT2D eigenvalue weighted by molar-refractivity contribution is 6.40. The van der Waals surface area contributed by atoms with Gasteiger partial charge in [-0.25, -0.2) is 0 Å². The van der Waals surface area contributed by atoms with Crippen LogP contribution in [0.5, 0.6) is 0 Å². The molecule has 1 amide bonds. The molecule has 2 atom stereocenters. The topological polar surface area (TPSA) is 66.4 Å². The number of carbonyl (C=O) groups excluding carboxylic acids is 1. The molecule has 6 heteroatoms. The molecule has 0 bridgehead atoms. The van der Waals surface area contributed by atoms with Crippen LogP contribution in [0, 0.1) is 18.8 Å². The zero-order valence-corrected chi connectivity index (χ0v) is 13.2. The zero-order chi connectivity index (χ0) is 15.6. The highest BCUT2D eigenvalue weighted by Gasteiger charge is 2.36. The SMILES string of the molecule is Cc1ccc(Cl)c(NC(=O)C2CCCCC2C(=O)O)c1Cl. The summed E-state index contributed by atoms with van der Waals surface area (Å²) in [5.41, 5.74) is 1.16. The quantitative estimate of drug-likeness (QED) is 0.876. The highest BCUT2D eigenvalue weighted by atomic mass is 35.5. The third kappa shape index (κ3) is 3.50. The van der Waals surface area contributed by atoms with Gasteiger partial charge in [-0.05, 0) is 31.4 Å². The Morgan fingerprint density at radius 1 is 1.19 bits per heavy atom. The van der Waals surface area contributed by atoms with Crippen LogP contribution in [0.4, 0.5) is 5.69 Å². The predicted molar refractivity (Wildman–Crippen MR) is 82.9 cm³/mol. The number of halogens is 2. The minimum Gasteiger partial charge on any atom is -0.481 e. The zero-order valence-electron chi connectivity index (χ0n) is 11.7. The van der Waals surface area contributed by atoms with Crippen molar-refractivity contribution in [3.05, 3.63) is 27.7 Å². The number of benzene rings is 1. The largest absolute Gasteiger partial charge is 0.481 e. The number of rotatable bonds is 3. The maximum absolute atomic E-state index is 12.4. The summed E-state index contributed by atoms with van der Waals surface area (Å²) in [6.45, 7) is 1.81. The molecule has 1 aliphatic carbocycles. The van der Waals surface area contributed by atoms with E-state index in [4.69, 9.17) is 23.2 Å². The first kappa shape index (κ1) is 16.1. The molecule has 0 heterocycles. The Balaban J connectivity index is 2.21. The lowest BCUT2D eigenvalue weighted by Crippen LogP contribution is -2.36. The molecule has 2 unspecified atom stereocenters. The summed E-state index contributed by atoms with van der Waals surface area (Å²) < 4.78 is 0. The Hall–Kier alpha value is -1.26. The molecule has 0 saturated heterocycles. The normalized spacial score (nSPS) is 21.9. The number of anilines is 1. The van der Waals surface area contributed by atoms with E-state index in [1.165, 1.54) is 0 Å². The third-order valence-corrected chi connectivity index (χ3v) is 4.75. The molecule has 114 valence electrons. The Morgan fingerprint density at radius 3 is 2.43 bits per heavy atom. The lowest BCUT2D eigenvalue weighted by atomic mass is 9.78. The molecule has 1 aliphatic rings. The van der Waals surface area contributed by atoms with Crippen LogP contribution in [0.2, 0.25) is 10.0 Å². The fourth-order valence-electron chi connectivity index (χ4n) is 2.73. The van der Waals surface area contributed by atoms with E-state index in [-0.39, 0.29) is 5.91 Å². The second kappa shape index (κ2) is 6.67. The number of carboxylic acid groups (broad SMARTS) is 1. The van der Waals surface area contributed by atoms with Gasteiger partial charge in [-0.15, -0.1) is 0 Å². The first-order valence-electron chi connectivity index (χ1n) is 6.90. The molecule has 0 radical (unpaired) electrons. The average Bonchev–Trinajstić information content (AvgIpc) is 2.47. The molecule has 1 fully saturated rings. The van der Waals surface area contributed by atoms with Crippen LogP contribution >= 0.6 is 23.2 Å². The van der Waals surface area contributed by atoms with Crippen molar-refractivity contribution < 1.29 is 14.7 Å². The van der Waals surface area contributed by atoms with Crippen LogP contribution in [0.1, 0.15) is 31.2 Å². The van der Waals surface area contributed by atoms with Crippen molar-refractivity contribution in [2.24, 2.45) is 11.8 Å². The van der Waals surface area contributed by atoms with Crippen molar-refractivity contribution in [3.8, 4) is 0 Å². The molecule has 4 nitrogen and oxygen atoms in total. The van der Waals surface area contributed by atoms with Crippen LogP contribution in [-0.4, -0.2) is 17.0 Å². The van der Waals surface area contributed by atoms with Crippen LogP contribution < -0.4 is 5.32 Å².